The van der Waals surface area contributed by atoms with E-state index in [-0.39, 0.29) is 10.8 Å². The van der Waals surface area contributed by atoms with E-state index in [0.717, 1.165) is 38.1 Å². The molecule has 2 heteroatoms. The van der Waals surface area contributed by atoms with Gasteiger partial charge in [0.15, 0.2) is 0 Å². The Bertz CT molecular complexity index is 1970. The van der Waals surface area contributed by atoms with E-state index in [2.05, 4.69) is 163 Å². The van der Waals surface area contributed by atoms with Crippen LogP contribution in [0, 0.1) is 12.8 Å². The summed E-state index contributed by atoms with van der Waals surface area (Å²) in [7, 11) is 1.74. The molecule has 1 heterocycles. The second-order valence-corrected chi connectivity index (χ2v) is 15.8. The molecule has 2 aliphatic carbocycles. The monoisotopic (exact) mass is 691 g/mol. The Morgan fingerprint density at radius 3 is 2.40 bits per heavy atom. The normalized spacial score (nSPS) is 20.8. The number of aryl methyl sites for hydroxylation is 2. The zero-order chi connectivity index (χ0) is 36.9. The van der Waals surface area contributed by atoms with Crippen LogP contribution in [-0.4, -0.2) is 20.2 Å². The highest BCUT2D eigenvalue weighted by molar-refractivity contribution is 6.04. The van der Waals surface area contributed by atoms with Gasteiger partial charge in [-0.2, -0.15) is 0 Å². The quantitative estimate of drug-likeness (QED) is 0.155. The van der Waals surface area contributed by atoms with Crippen molar-refractivity contribution < 1.29 is 4.74 Å². The van der Waals surface area contributed by atoms with Crippen molar-refractivity contribution in [3.8, 4) is 5.75 Å². The Morgan fingerprint density at radius 1 is 0.981 bits per heavy atom. The molecule has 272 valence electrons. The summed E-state index contributed by atoms with van der Waals surface area (Å²) in [6.45, 7) is 18.6. The lowest BCUT2D eigenvalue weighted by Gasteiger charge is -2.41. The van der Waals surface area contributed by atoms with Crippen LogP contribution in [0.1, 0.15) is 113 Å². The van der Waals surface area contributed by atoms with E-state index in [1.165, 1.54) is 86.7 Å². The summed E-state index contributed by atoms with van der Waals surface area (Å²) in [4.78, 5) is 2.70. The van der Waals surface area contributed by atoms with E-state index >= 15 is 0 Å². The third-order valence-electron chi connectivity index (χ3n) is 12.0. The molecule has 2 atom stereocenters. The van der Waals surface area contributed by atoms with E-state index in [4.69, 9.17) is 4.74 Å². The fourth-order valence-corrected chi connectivity index (χ4v) is 8.74. The molecule has 3 aromatic carbocycles. The van der Waals surface area contributed by atoms with Crippen molar-refractivity contribution in [1.82, 2.24) is 0 Å². The van der Waals surface area contributed by atoms with Crippen LogP contribution >= 0.6 is 0 Å². The molecule has 3 aromatic rings. The maximum absolute atomic E-state index is 5.56. The molecule has 0 amide bonds. The average Bonchev–Trinajstić information content (AvgIpc) is 3.43. The maximum atomic E-state index is 5.56. The fraction of sp³-hybridized carbons (Fsp3) is 0.400. The lowest BCUT2D eigenvalue weighted by Crippen LogP contribution is -2.32. The average molecular weight is 692 g/mol. The minimum absolute atomic E-state index is 0.0943. The predicted octanol–water partition coefficient (Wildman–Crippen LogP) is 13.3. The molecule has 0 radical (unpaired) electrons. The minimum atomic E-state index is -0.348. The Hall–Kier alpha value is -4.30. The molecule has 0 saturated carbocycles. The van der Waals surface area contributed by atoms with Crippen LogP contribution in [-0.2, 0) is 17.3 Å². The molecule has 52 heavy (non-hydrogen) atoms. The van der Waals surface area contributed by atoms with Crippen molar-refractivity contribution >= 4 is 28.1 Å². The molecule has 2 bridgehead atoms. The molecule has 2 nitrogen and oxygen atoms in total. The first-order valence-corrected chi connectivity index (χ1v) is 19.9. The summed E-state index contributed by atoms with van der Waals surface area (Å²) >= 11 is 0. The standard InChI is InChI=1S/C50H61NO/c1-9-20-37(10-2)21-19-29-50(7,40-24-26-42(52-8)27-25-40)30-28-43-36(4)44-34-38(11-3)46(51-31-17-12-13-18-32-51)35-45(44)47-39-22-15-14-16-23-41(33-39)49(5,6)48(43)47/h9,15-16,19-30,33-35,41H,10-14,17-18,31-32H2,1-8H3/b20-9-,22-15?,23-16-,29-19+,30-28-,37-21-. The number of ether oxygens (including phenoxy) is 1. The van der Waals surface area contributed by atoms with Crippen LogP contribution in [0.4, 0.5) is 5.69 Å². The second-order valence-electron chi connectivity index (χ2n) is 15.8. The van der Waals surface area contributed by atoms with Crippen LogP contribution in [0.3, 0.4) is 0 Å². The maximum Gasteiger partial charge on any atom is 0.118 e. The summed E-state index contributed by atoms with van der Waals surface area (Å²) in [6.07, 6.45) is 36.5. The number of anilines is 1. The highest BCUT2D eigenvalue weighted by Gasteiger charge is 2.39. The molecule has 0 aromatic heterocycles. The molecular formula is C50H61NO. The molecule has 0 spiro atoms. The number of methoxy groups -OCH3 is 1. The second kappa shape index (κ2) is 16.2. The highest BCUT2D eigenvalue weighted by atomic mass is 16.5. The molecule has 1 aliphatic heterocycles. The number of nitrogens with zero attached hydrogens (tertiary/aromatic N) is 1. The summed E-state index contributed by atoms with van der Waals surface area (Å²) in [5.41, 5.74) is 12.0. The Morgan fingerprint density at radius 2 is 1.73 bits per heavy atom. The zero-order valence-electron chi connectivity index (χ0n) is 33.2. The van der Waals surface area contributed by atoms with Gasteiger partial charge in [-0.15, -0.1) is 0 Å². The first kappa shape index (κ1) is 37.5. The molecule has 1 fully saturated rings. The molecule has 3 aliphatic rings. The van der Waals surface area contributed by atoms with Crippen LogP contribution in [0.5, 0.6) is 5.75 Å². The van der Waals surface area contributed by atoms with E-state index in [9.17, 15) is 0 Å². The lowest BCUT2D eigenvalue weighted by atomic mass is 9.63. The van der Waals surface area contributed by atoms with Gasteiger partial charge in [0.2, 0.25) is 0 Å². The van der Waals surface area contributed by atoms with Gasteiger partial charge in [0.25, 0.3) is 0 Å². The SMILES string of the molecule is C\C=C/C(=C\C=C\C(C)(/C=C\c1c2c(c3cc(N4CCCCCC4)c(CC)cc3c1C)C1=CC(/C=C\CC=C1)C2(C)C)c1ccc(OC)cc1)CC. The third kappa shape index (κ3) is 7.45. The van der Waals surface area contributed by atoms with Crippen LogP contribution in [0.15, 0.2) is 109 Å². The molecule has 2 unspecified atom stereocenters. The Kier molecular flexibility index (Phi) is 11.6. The topological polar surface area (TPSA) is 12.5 Å². The lowest BCUT2D eigenvalue weighted by molar-refractivity contribution is 0.414. The van der Waals surface area contributed by atoms with Gasteiger partial charge in [-0.25, -0.2) is 0 Å². The van der Waals surface area contributed by atoms with E-state index in [1.807, 2.05) is 0 Å². The van der Waals surface area contributed by atoms with Gasteiger partial charge in [0, 0.05) is 35.5 Å². The first-order chi connectivity index (χ1) is 25.1. The van der Waals surface area contributed by atoms with Crippen molar-refractivity contribution in [2.75, 3.05) is 25.1 Å². The van der Waals surface area contributed by atoms with Gasteiger partial charge in [-0.1, -0.05) is 126 Å². The molecule has 1 saturated heterocycles. The highest BCUT2D eigenvalue weighted by Crippen LogP contribution is 2.51. The molecule has 0 N–H and O–H groups in total. The van der Waals surface area contributed by atoms with Gasteiger partial charge in [0.1, 0.15) is 5.75 Å². The Labute approximate surface area is 315 Å². The van der Waals surface area contributed by atoms with Crippen LogP contribution in [0.2, 0.25) is 0 Å². The van der Waals surface area contributed by atoms with Crippen LogP contribution < -0.4 is 9.64 Å². The van der Waals surface area contributed by atoms with Crippen molar-refractivity contribution in [3.63, 3.8) is 0 Å². The third-order valence-corrected chi connectivity index (χ3v) is 12.0. The molecule has 6 rings (SSSR count). The number of hydrogen-bond donors (Lipinski definition) is 0. The predicted molar refractivity (Wildman–Crippen MR) is 228 cm³/mol. The number of benzene rings is 3. The van der Waals surface area contributed by atoms with Crippen molar-refractivity contribution in [2.24, 2.45) is 5.92 Å². The zero-order valence-corrected chi connectivity index (χ0v) is 33.2. The first-order valence-electron chi connectivity index (χ1n) is 19.9. The fourth-order valence-electron chi connectivity index (χ4n) is 8.74. The van der Waals surface area contributed by atoms with Crippen molar-refractivity contribution in [3.05, 3.63) is 142 Å². The van der Waals surface area contributed by atoms with E-state index in [1.54, 1.807) is 7.11 Å². The summed E-state index contributed by atoms with van der Waals surface area (Å²) in [5, 5.41) is 2.80. The number of rotatable bonds is 10. The summed E-state index contributed by atoms with van der Waals surface area (Å²) in [5.74, 6) is 1.20. The van der Waals surface area contributed by atoms with Gasteiger partial charge in [-0.05, 0) is 132 Å². The smallest absolute Gasteiger partial charge is 0.118 e. The van der Waals surface area contributed by atoms with Gasteiger partial charge in [-0.3, -0.25) is 0 Å². The summed E-state index contributed by atoms with van der Waals surface area (Å²) < 4.78 is 5.56. The van der Waals surface area contributed by atoms with E-state index < -0.39 is 0 Å². The van der Waals surface area contributed by atoms with Gasteiger partial charge >= 0.3 is 0 Å². The van der Waals surface area contributed by atoms with Gasteiger partial charge < -0.3 is 9.64 Å². The number of allylic oxidation sites excluding steroid dienone is 13. The molecular weight excluding hydrogens is 631 g/mol. The van der Waals surface area contributed by atoms with Crippen molar-refractivity contribution in [2.45, 2.75) is 104 Å². The van der Waals surface area contributed by atoms with Crippen LogP contribution in [0.25, 0.3) is 22.4 Å². The largest absolute Gasteiger partial charge is 0.497 e. The number of fused-ring (bicyclic) bond motifs is 5. The van der Waals surface area contributed by atoms with Crippen molar-refractivity contribution in [1.29, 1.82) is 0 Å². The summed E-state index contributed by atoms with van der Waals surface area (Å²) in [6, 6.07) is 13.7. The number of hydrogen-bond acceptors (Lipinski definition) is 2. The van der Waals surface area contributed by atoms with E-state index in [0.29, 0.717) is 5.92 Å². The Balaban J connectivity index is 1.62. The minimum Gasteiger partial charge on any atom is -0.497 e. The van der Waals surface area contributed by atoms with Gasteiger partial charge in [0.05, 0.1) is 7.11 Å².